The van der Waals surface area contributed by atoms with Gasteiger partial charge in [-0.15, -0.1) is 0 Å². The van der Waals surface area contributed by atoms with Crippen molar-refractivity contribution in [3.05, 3.63) is 89.2 Å². The fraction of sp³-hybridized carbons (Fsp3) is 0.143. The van der Waals surface area contributed by atoms with Crippen molar-refractivity contribution in [2.45, 2.75) is 12.5 Å². The summed E-state index contributed by atoms with van der Waals surface area (Å²) in [6.45, 7) is 0.289. The van der Waals surface area contributed by atoms with Crippen molar-refractivity contribution in [3.63, 3.8) is 0 Å². The van der Waals surface area contributed by atoms with Crippen LogP contribution in [0.5, 0.6) is 17.2 Å². The predicted molar refractivity (Wildman–Crippen MR) is 102 cm³/mol. The smallest absolute Gasteiger partial charge is 0.172 e. The first kappa shape index (κ1) is 18.2. The minimum atomic E-state index is -0.408. The Bertz CT molecular complexity index is 840. The second kappa shape index (κ2) is 8.70. The summed E-state index contributed by atoms with van der Waals surface area (Å²) in [4.78, 5) is 0. The largest absolute Gasteiger partial charge is 0.488 e. The van der Waals surface area contributed by atoms with E-state index in [0.717, 1.165) is 5.56 Å². The summed E-state index contributed by atoms with van der Waals surface area (Å²) in [5, 5.41) is 0.597. The molecule has 3 aromatic carbocycles. The van der Waals surface area contributed by atoms with Crippen molar-refractivity contribution in [1.82, 2.24) is 0 Å². The Labute approximate surface area is 157 Å². The van der Waals surface area contributed by atoms with Crippen LogP contribution in [0.1, 0.15) is 5.56 Å². The van der Waals surface area contributed by atoms with Crippen molar-refractivity contribution in [2.75, 3.05) is 6.61 Å². The van der Waals surface area contributed by atoms with Gasteiger partial charge in [-0.2, -0.15) is 0 Å². The first-order chi connectivity index (χ1) is 12.6. The van der Waals surface area contributed by atoms with Crippen LogP contribution >= 0.6 is 11.6 Å². The Kier molecular flexibility index (Phi) is 6.10. The average molecular weight is 372 g/mol. The molecule has 0 fully saturated rings. The van der Waals surface area contributed by atoms with Crippen LogP contribution in [-0.4, -0.2) is 12.6 Å². The fourth-order valence-electron chi connectivity index (χ4n) is 2.48. The molecule has 0 heterocycles. The van der Waals surface area contributed by atoms with Crippen molar-refractivity contribution in [1.29, 1.82) is 0 Å². The highest BCUT2D eigenvalue weighted by molar-refractivity contribution is 6.30. The lowest BCUT2D eigenvalue weighted by atomic mass is 10.1. The summed E-state index contributed by atoms with van der Waals surface area (Å²) in [6, 6.07) is 20.7. The van der Waals surface area contributed by atoms with Crippen molar-refractivity contribution >= 4 is 11.6 Å². The molecule has 0 radical (unpaired) electrons. The van der Waals surface area contributed by atoms with E-state index in [4.69, 9.17) is 26.8 Å². The highest BCUT2D eigenvalue weighted by Gasteiger charge is 2.11. The monoisotopic (exact) mass is 371 g/mol. The lowest BCUT2D eigenvalue weighted by molar-refractivity contribution is 0.275. The van der Waals surface area contributed by atoms with Gasteiger partial charge in [-0.3, -0.25) is 0 Å². The van der Waals surface area contributed by atoms with Gasteiger partial charge in [-0.1, -0.05) is 41.9 Å². The number of hydrogen-bond acceptors (Lipinski definition) is 3. The molecule has 0 amide bonds. The van der Waals surface area contributed by atoms with Gasteiger partial charge in [-0.25, -0.2) is 4.39 Å². The number of hydrogen-bond donors (Lipinski definition) is 1. The molecule has 3 rings (SSSR count). The van der Waals surface area contributed by atoms with Crippen LogP contribution in [0.15, 0.2) is 72.8 Å². The number of rotatable bonds is 7. The summed E-state index contributed by atoms with van der Waals surface area (Å²) < 4.78 is 25.1. The minimum Gasteiger partial charge on any atom is -0.488 e. The molecule has 3 nitrogen and oxygen atoms in total. The van der Waals surface area contributed by atoms with Gasteiger partial charge < -0.3 is 15.2 Å². The molecule has 0 aliphatic rings. The van der Waals surface area contributed by atoms with Crippen LogP contribution in [0.4, 0.5) is 4.39 Å². The quantitative estimate of drug-likeness (QED) is 0.619. The fourth-order valence-corrected chi connectivity index (χ4v) is 2.61. The summed E-state index contributed by atoms with van der Waals surface area (Å²) in [7, 11) is 0. The molecule has 0 bridgehead atoms. The topological polar surface area (TPSA) is 44.5 Å². The van der Waals surface area contributed by atoms with Gasteiger partial charge in [0.1, 0.15) is 18.2 Å². The molecule has 0 aliphatic carbocycles. The van der Waals surface area contributed by atoms with Gasteiger partial charge in [0.15, 0.2) is 11.5 Å². The van der Waals surface area contributed by atoms with Crippen LogP contribution < -0.4 is 15.2 Å². The van der Waals surface area contributed by atoms with E-state index in [1.807, 2.05) is 30.3 Å². The Morgan fingerprint density at radius 3 is 2.38 bits per heavy atom. The van der Waals surface area contributed by atoms with E-state index >= 15 is 0 Å². The van der Waals surface area contributed by atoms with E-state index in [1.54, 1.807) is 24.3 Å². The molecule has 3 aromatic rings. The zero-order valence-corrected chi connectivity index (χ0v) is 14.8. The molecular weight excluding hydrogens is 353 g/mol. The maximum Gasteiger partial charge on any atom is 0.172 e. The molecule has 134 valence electrons. The van der Waals surface area contributed by atoms with Crippen molar-refractivity contribution < 1.29 is 13.9 Å². The molecule has 0 unspecified atom stereocenters. The summed E-state index contributed by atoms with van der Waals surface area (Å²) in [5.74, 6) is 0.859. The Balaban J connectivity index is 1.66. The van der Waals surface area contributed by atoms with Crippen molar-refractivity contribution in [3.8, 4) is 17.2 Å². The third-order valence-corrected chi connectivity index (χ3v) is 3.99. The Morgan fingerprint density at radius 1 is 0.923 bits per heavy atom. The lowest BCUT2D eigenvalue weighted by Gasteiger charge is -2.16. The van der Waals surface area contributed by atoms with E-state index in [-0.39, 0.29) is 12.6 Å². The van der Waals surface area contributed by atoms with Crippen LogP contribution in [0.3, 0.4) is 0 Å². The molecule has 26 heavy (non-hydrogen) atoms. The van der Waals surface area contributed by atoms with Gasteiger partial charge >= 0.3 is 0 Å². The Hall–Kier alpha value is -2.56. The van der Waals surface area contributed by atoms with Gasteiger partial charge in [0.25, 0.3) is 0 Å². The summed E-state index contributed by atoms with van der Waals surface area (Å²) >= 11 is 5.87. The molecule has 0 aliphatic heterocycles. The predicted octanol–water partition coefficient (Wildman–Crippen LogP) is 5.22. The van der Waals surface area contributed by atoms with E-state index in [0.29, 0.717) is 28.7 Å². The van der Waals surface area contributed by atoms with Crippen LogP contribution in [0.25, 0.3) is 0 Å². The SMILES string of the molecule is N[C@@H](COc1ccc(F)cc1Oc1ccc(Cl)cc1)Cc1ccccc1. The summed E-state index contributed by atoms with van der Waals surface area (Å²) in [6.07, 6.45) is 0.690. The van der Waals surface area contributed by atoms with Gasteiger partial charge in [-0.05, 0) is 48.4 Å². The molecule has 0 spiro atoms. The van der Waals surface area contributed by atoms with Crippen LogP contribution in [0, 0.1) is 5.82 Å². The first-order valence-electron chi connectivity index (χ1n) is 8.25. The second-order valence-electron chi connectivity index (χ2n) is 5.91. The molecule has 0 aromatic heterocycles. The van der Waals surface area contributed by atoms with Crippen LogP contribution in [0.2, 0.25) is 5.02 Å². The standard InChI is InChI=1S/C21H19ClFNO2/c22-16-6-9-19(10-7-16)26-21-13-17(23)8-11-20(21)25-14-18(24)12-15-4-2-1-3-5-15/h1-11,13,18H,12,14,24H2/t18-/m1/s1. The van der Waals surface area contributed by atoms with E-state index in [9.17, 15) is 4.39 Å². The number of nitrogens with two attached hydrogens (primary N) is 1. The van der Waals surface area contributed by atoms with Gasteiger partial charge in [0.2, 0.25) is 0 Å². The second-order valence-corrected chi connectivity index (χ2v) is 6.34. The normalized spacial score (nSPS) is 11.8. The van der Waals surface area contributed by atoms with E-state index in [1.165, 1.54) is 18.2 Å². The van der Waals surface area contributed by atoms with Gasteiger partial charge in [0.05, 0.1) is 0 Å². The maximum atomic E-state index is 13.6. The van der Waals surface area contributed by atoms with Crippen LogP contribution in [-0.2, 0) is 6.42 Å². The summed E-state index contributed by atoms with van der Waals surface area (Å²) in [5.41, 5.74) is 7.29. The number of ether oxygens (including phenoxy) is 2. The maximum absolute atomic E-state index is 13.6. The molecule has 5 heteroatoms. The highest BCUT2D eigenvalue weighted by Crippen LogP contribution is 2.32. The zero-order chi connectivity index (χ0) is 18.4. The molecule has 2 N–H and O–H groups in total. The lowest BCUT2D eigenvalue weighted by Crippen LogP contribution is -2.30. The third kappa shape index (κ3) is 5.22. The molecule has 0 saturated carbocycles. The molecule has 1 atom stereocenters. The first-order valence-corrected chi connectivity index (χ1v) is 8.63. The zero-order valence-electron chi connectivity index (χ0n) is 14.1. The number of benzene rings is 3. The Morgan fingerprint density at radius 2 is 1.65 bits per heavy atom. The third-order valence-electron chi connectivity index (χ3n) is 3.74. The average Bonchev–Trinajstić information content (AvgIpc) is 2.64. The molecule has 0 saturated heterocycles. The van der Waals surface area contributed by atoms with E-state index in [2.05, 4.69) is 0 Å². The van der Waals surface area contributed by atoms with E-state index < -0.39 is 5.82 Å². The number of halogens is 2. The van der Waals surface area contributed by atoms with Gasteiger partial charge in [0, 0.05) is 17.1 Å². The minimum absolute atomic E-state index is 0.189. The molecular formula is C21H19ClFNO2. The van der Waals surface area contributed by atoms with Crippen molar-refractivity contribution in [2.24, 2.45) is 5.73 Å². The highest BCUT2D eigenvalue weighted by atomic mass is 35.5.